The number of imidazole rings is 1. The highest BCUT2D eigenvalue weighted by molar-refractivity contribution is 5.87. The summed E-state index contributed by atoms with van der Waals surface area (Å²) in [6, 6.07) is 9.99. The Morgan fingerprint density at radius 3 is 2.65 bits per heavy atom. The lowest BCUT2D eigenvalue weighted by Gasteiger charge is -2.34. The maximum Gasteiger partial charge on any atom is 0.294 e. The van der Waals surface area contributed by atoms with Crippen molar-refractivity contribution >= 4 is 11.0 Å². The van der Waals surface area contributed by atoms with Crippen molar-refractivity contribution in [3.63, 3.8) is 0 Å². The van der Waals surface area contributed by atoms with E-state index in [4.69, 9.17) is 9.26 Å². The first-order chi connectivity index (χ1) is 14.9. The van der Waals surface area contributed by atoms with Gasteiger partial charge < -0.3 is 19.4 Å². The third-order valence-corrected chi connectivity index (χ3v) is 5.96. The third kappa shape index (κ3) is 3.49. The van der Waals surface area contributed by atoms with Crippen molar-refractivity contribution in [1.29, 1.82) is 0 Å². The molecule has 2 unspecified atom stereocenters. The van der Waals surface area contributed by atoms with Gasteiger partial charge in [0.2, 0.25) is 0 Å². The molecule has 0 amide bonds. The number of H-pyrrole nitrogens is 1. The van der Waals surface area contributed by atoms with E-state index in [1.807, 2.05) is 58.0 Å². The number of aromatic nitrogens is 4. The van der Waals surface area contributed by atoms with Crippen LogP contribution in [0.1, 0.15) is 49.9 Å². The number of hydrogen-bond acceptors (Lipinski definition) is 6. The summed E-state index contributed by atoms with van der Waals surface area (Å²) in [4.78, 5) is 12.4. The molecule has 7 heteroatoms. The second-order valence-corrected chi connectivity index (χ2v) is 7.88. The first-order valence-corrected chi connectivity index (χ1v) is 10.6. The highest BCUT2D eigenvalue weighted by Crippen LogP contribution is 2.43. The zero-order chi connectivity index (χ0) is 22.2. The summed E-state index contributed by atoms with van der Waals surface area (Å²) in [6.45, 7) is 10.3. The highest BCUT2D eigenvalue weighted by Gasteiger charge is 2.40. The van der Waals surface area contributed by atoms with E-state index in [-0.39, 0.29) is 5.92 Å². The fourth-order valence-corrected chi connectivity index (χ4v) is 4.17. The number of fused-ring (bicyclic) bond motifs is 1. The zero-order valence-corrected chi connectivity index (χ0v) is 18.6. The fourth-order valence-electron chi connectivity index (χ4n) is 4.17. The Hall–Kier alpha value is -3.19. The van der Waals surface area contributed by atoms with Crippen molar-refractivity contribution in [2.45, 2.75) is 46.6 Å². The molecular weight excluding hydrogens is 392 g/mol. The Labute approximate surface area is 181 Å². The number of aryl methyl sites for hydroxylation is 2. The van der Waals surface area contributed by atoms with E-state index in [9.17, 15) is 5.11 Å². The minimum atomic E-state index is -1.35. The summed E-state index contributed by atoms with van der Waals surface area (Å²) < 4.78 is 11.0. The molecule has 162 valence electrons. The number of ether oxygens (including phenoxy) is 1. The summed E-state index contributed by atoms with van der Waals surface area (Å²) >= 11 is 0. The lowest BCUT2D eigenvalue weighted by molar-refractivity contribution is 0.0195. The molecule has 3 aromatic heterocycles. The van der Waals surface area contributed by atoms with Gasteiger partial charge in [0, 0.05) is 17.3 Å². The van der Waals surface area contributed by atoms with E-state index in [0.29, 0.717) is 29.4 Å². The molecule has 0 spiro atoms. The lowest BCUT2D eigenvalue weighted by Crippen LogP contribution is -2.36. The van der Waals surface area contributed by atoms with Gasteiger partial charge in [-0.2, -0.15) is 4.98 Å². The fraction of sp³-hybridized carbons (Fsp3) is 0.375. The molecule has 0 saturated carbocycles. The number of nitrogens with zero attached hydrogens (tertiary/aromatic N) is 3. The van der Waals surface area contributed by atoms with Gasteiger partial charge in [0.1, 0.15) is 11.4 Å². The number of aromatic amines is 1. The zero-order valence-electron chi connectivity index (χ0n) is 18.6. The maximum atomic E-state index is 12.2. The molecule has 0 saturated heterocycles. The standard InChI is InChI=1S/C24H28N4O3/c1-6-14(3)24(29,20-10-8-9-11-25-20)18-12-17(21-15(4)28-31-16(21)5)13-19-22(18)27-23(26-19)30-7-2/h8-14,29H,6-7H2,1-5H3,(H,26,27). The van der Waals surface area contributed by atoms with Crippen LogP contribution < -0.4 is 4.74 Å². The van der Waals surface area contributed by atoms with E-state index in [1.165, 1.54) is 0 Å². The van der Waals surface area contributed by atoms with E-state index in [2.05, 4.69) is 27.0 Å². The summed E-state index contributed by atoms with van der Waals surface area (Å²) in [6.07, 6.45) is 2.46. The molecular formula is C24H28N4O3. The lowest BCUT2D eigenvalue weighted by atomic mass is 9.76. The van der Waals surface area contributed by atoms with Gasteiger partial charge in [-0.25, -0.2) is 0 Å². The van der Waals surface area contributed by atoms with Crippen molar-refractivity contribution in [2.75, 3.05) is 6.61 Å². The summed E-state index contributed by atoms with van der Waals surface area (Å²) in [5.74, 6) is 0.607. The minimum Gasteiger partial charge on any atom is -0.465 e. The number of rotatable bonds is 7. The number of benzene rings is 1. The first kappa shape index (κ1) is 21.1. The molecule has 3 heterocycles. The molecule has 0 aliphatic rings. The molecule has 0 aliphatic carbocycles. The van der Waals surface area contributed by atoms with Gasteiger partial charge in [0.05, 0.1) is 29.0 Å². The van der Waals surface area contributed by atoms with E-state index >= 15 is 0 Å². The molecule has 4 rings (SSSR count). The normalized spacial score (nSPS) is 14.5. The van der Waals surface area contributed by atoms with Crippen LogP contribution in [0, 0.1) is 19.8 Å². The average molecular weight is 421 g/mol. The molecule has 0 aliphatic heterocycles. The number of pyridine rings is 1. The van der Waals surface area contributed by atoms with Crippen molar-refractivity contribution in [3.05, 3.63) is 59.2 Å². The Morgan fingerprint density at radius 2 is 2.03 bits per heavy atom. The van der Waals surface area contributed by atoms with Crippen LogP contribution in [0.15, 0.2) is 41.1 Å². The second-order valence-electron chi connectivity index (χ2n) is 7.88. The van der Waals surface area contributed by atoms with Gasteiger partial charge in [-0.15, -0.1) is 0 Å². The topological polar surface area (TPSA) is 97.1 Å². The van der Waals surface area contributed by atoms with Crippen LogP contribution in [0.25, 0.3) is 22.2 Å². The predicted molar refractivity (Wildman–Crippen MR) is 119 cm³/mol. The summed E-state index contributed by atoms with van der Waals surface area (Å²) in [5.41, 5.74) is 3.93. The van der Waals surface area contributed by atoms with E-state index in [1.54, 1.807) is 6.20 Å². The van der Waals surface area contributed by atoms with Crippen LogP contribution in [0.2, 0.25) is 0 Å². The molecule has 0 bridgehead atoms. The minimum absolute atomic E-state index is 0.113. The van der Waals surface area contributed by atoms with Crippen LogP contribution in [0.5, 0.6) is 6.01 Å². The molecule has 0 fully saturated rings. The molecule has 7 nitrogen and oxygen atoms in total. The van der Waals surface area contributed by atoms with Gasteiger partial charge >= 0.3 is 0 Å². The average Bonchev–Trinajstić information content (AvgIpc) is 3.34. The number of aliphatic hydroxyl groups is 1. The van der Waals surface area contributed by atoms with Crippen LogP contribution >= 0.6 is 0 Å². The number of hydrogen-bond donors (Lipinski definition) is 2. The van der Waals surface area contributed by atoms with Crippen LogP contribution in [-0.4, -0.2) is 31.8 Å². The molecule has 1 aromatic carbocycles. The van der Waals surface area contributed by atoms with Crippen molar-refractivity contribution < 1.29 is 14.4 Å². The molecule has 4 aromatic rings. The largest absolute Gasteiger partial charge is 0.465 e. The summed E-state index contributed by atoms with van der Waals surface area (Å²) in [7, 11) is 0. The highest BCUT2D eigenvalue weighted by atomic mass is 16.5. The molecule has 31 heavy (non-hydrogen) atoms. The van der Waals surface area contributed by atoms with Gasteiger partial charge in [0.25, 0.3) is 6.01 Å². The Kier molecular flexibility index (Phi) is 5.54. The van der Waals surface area contributed by atoms with Gasteiger partial charge in [-0.3, -0.25) is 4.98 Å². The molecule has 2 atom stereocenters. The SMILES string of the molecule is CCOc1nc2c(C(O)(c3ccccn3)C(C)CC)cc(-c3c(C)noc3C)cc2[nH]1. The quantitative estimate of drug-likeness (QED) is 0.441. The van der Waals surface area contributed by atoms with Gasteiger partial charge in [0.15, 0.2) is 0 Å². The Morgan fingerprint density at radius 1 is 1.23 bits per heavy atom. The van der Waals surface area contributed by atoms with Crippen molar-refractivity contribution in [3.8, 4) is 17.1 Å². The van der Waals surface area contributed by atoms with Gasteiger partial charge in [-0.05, 0) is 56.5 Å². The molecule has 2 N–H and O–H groups in total. The monoisotopic (exact) mass is 420 g/mol. The van der Waals surface area contributed by atoms with E-state index < -0.39 is 5.60 Å². The number of nitrogens with one attached hydrogen (secondary N) is 1. The second kappa shape index (κ2) is 8.15. The van der Waals surface area contributed by atoms with Crippen LogP contribution in [0.4, 0.5) is 0 Å². The first-order valence-electron chi connectivity index (χ1n) is 10.6. The van der Waals surface area contributed by atoms with Crippen LogP contribution in [-0.2, 0) is 5.60 Å². The van der Waals surface area contributed by atoms with Crippen molar-refractivity contribution in [1.82, 2.24) is 20.1 Å². The van der Waals surface area contributed by atoms with E-state index in [0.717, 1.165) is 34.5 Å². The maximum absolute atomic E-state index is 12.2. The summed E-state index contributed by atoms with van der Waals surface area (Å²) in [5, 5.41) is 16.3. The predicted octanol–water partition coefficient (Wildman–Crippen LogP) is 4.91. The Balaban J connectivity index is 2.06. The van der Waals surface area contributed by atoms with Gasteiger partial charge in [-0.1, -0.05) is 31.5 Å². The Bertz CT molecular complexity index is 1180. The third-order valence-electron chi connectivity index (χ3n) is 5.96. The smallest absolute Gasteiger partial charge is 0.294 e. The van der Waals surface area contributed by atoms with Crippen LogP contribution in [0.3, 0.4) is 0 Å². The van der Waals surface area contributed by atoms with Crippen molar-refractivity contribution in [2.24, 2.45) is 5.92 Å². The molecule has 0 radical (unpaired) electrons.